The lowest BCUT2D eigenvalue weighted by atomic mass is 10.2. The minimum Gasteiger partial charge on any atom is -0.493 e. The van der Waals surface area contributed by atoms with E-state index in [4.69, 9.17) is 9.84 Å². The smallest absolute Gasteiger partial charge is 0.305 e. The molecule has 0 radical (unpaired) electrons. The van der Waals surface area contributed by atoms with E-state index in [0.29, 0.717) is 17.0 Å². The van der Waals surface area contributed by atoms with Crippen LogP contribution in [-0.2, 0) is 9.59 Å². The summed E-state index contributed by atoms with van der Waals surface area (Å²) in [5.74, 6) is -0.821. The van der Waals surface area contributed by atoms with Gasteiger partial charge in [-0.3, -0.25) is 14.4 Å². The second-order valence-electron chi connectivity index (χ2n) is 5.44. The van der Waals surface area contributed by atoms with Gasteiger partial charge in [0, 0.05) is 17.8 Å². The van der Waals surface area contributed by atoms with Crippen LogP contribution in [0.15, 0.2) is 54.6 Å². The fourth-order valence-electron chi connectivity index (χ4n) is 2.09. The van der Waals surface area contributed by atoms with Crippen molar-refractivity contribution in [3.63, 3.8) is 0 Å². The molecule has 0 atom stereocenters. The lowest BCUT2D eigenvalue weighted by molar-refractivity contribution is -0.136. The van der Waals surface area contributed by atoms with Crippen LogP contribution in [-0.4, -0.2) is 36.0 Å². The van der Waals surface area contributed by atoms with E-state index in [9.17, 15) is 14.4 Å². The van der Waals surface area contributed by atoms with E-state index in [2.05, 4.69) is 10.6 Å². The van der Waals surface area contributed by atoms with Gasteiger partial charge in [-0.15, -0.1) is 0 Å². The number of carboxylic acids is 1. The Labute approximate surface area is 151 Å². The van der Waals surface area contributed by atoms with Crippen molar-refractivity contribution in [3.8, 4) is 5.75 Å². The number of para-hydroxylation sites is 1. The van der Waals surface area contributed by atoms with Crippen LogP contribution in [0.2, 0.25) is 0 Å². The first-order valence-corrected chi connectivity index (χ1v) is 8.12. The maximum absolute atomic E-state index is 11.9. The molecule has 0 aliphatic heterocycles. The number of amides is 2. The number of rotatable bonds is 9. The molecule has 2 aromatic rings. The van der Waals surface area contributed by atoms with E-state index >= 15 is 0 Å². The fraction of sp³-hybridized carbons (Fsp3) is 0.211. The topological polar surface area (TPSA) is 105 Å². The van der Waals surface area contributed by atoms with Gasteiger partial charge in [-0.1, -0.05) is 18.2 Å². The molecule has 2 aromatic carbocycles. The number of carbonyl (C=O) groups is 3. The number of carboxylic acid groups (broad SMARTS) is 1. The van der Waals surface area contributed by atoms with Crippen LogP contribution in [0.1, 0.15) is 23.2 Å². The van der Waals surface area contributed by atoms with Crippen molar-refractivity contribution < 1.29 is 24.2 Å². The third-order valence-corrected chi connectivity index (χ3v) is 3.40. The van der Waals surface area contributed by atoms with E-state index < -0.39 is 5.97 Å². The molecule has 0 saturated carbocycles. The van der Waals surface area contributed by atoms with Gasteiger partial charge in [-0.2, -0.15) is 0 Å². The lowest BCUT2D eigenvalue weighted by Gasteiger charge is -2.08. The van der Waals surface area contributed by atoms with Gasteiger partial charge in [-0.05, 0) is 36.4 Å². The molecule has 0 saturated heterocycles. The fourth-order valence-corrected chi connectivity index (χ4v) is 2.09. The molecule has 7 nitrogen and oxygen atoms in total. The molecule has 2 rings (SSSR count). The number of nitrogens with one attached hydrogen (secondary N) is 2. The molecule has 0 fully saturated rings. The normalized spacial score (nSPS) is 10.0. The molecule has 0 unspecified atom stereocenters. The average molecular weight is 356 g/mol. The molecule has 3 N–H and O–H groups in total. The predicted molar refractivity (Wildman–Crippen MR) is 96.2 cm³/mol. The van der Waals surface area contributed by atoms with E-state index in [1.54, 1.807) is 24.3 Å². The number of ether oxygens (including phenoxy) is 1. The maximum atomic E-state index is 11.9. The minimum atomic E-state index is -0.973. The first kappa shape index (κ1) is 19.0. The van der Waals surface area contributed by atoms with Crippen molar-refractivity contribution >= 4 is 23.5 Å². The van der Waals surface area contributed by atoms with Gasteiger partial charge >= 0.3 is 5.97 Å². The van der Waals surface area contributed by atoms with Crippen molar-refractivity contribution in [2.24, 2.45) is 0 Å². The lowest BCUT2D eigenvalue weighted by Crippen LogP contribution is -2.25. The Balaban J connectivity index is 1.74. The molecule has 0 bridgehead atoms. The SMILES string of the molecule is O=C(O)CCNC(=O)c1ccc(NC(=O)CCOc2ccccc2)cc1. The Morgan fingerprint density at radius 3 is 2.27 bits per heavy atom. The number of anilines is 1. The molecule has 0 aromatic heterocycles. The quantitative estimate of drug-likeness (QED) is 0.639. The molecule has 0 heterocycles. The zero-order valence-corrected chi connectivity index (χ0v) is 14.1. The average Bonchev–Trinajstić information content (AvgIpc) is 2.63. The summed E-state index contributed by atoms with van der Waals surface area (Å²) < 4.78 is 5.46. The number of carbonyl (C=O) groups excluding carboxylic acids is 2. The Kier molecular flexibility index (Phi) is 7.17. The summed E-state index contributed by atoms with van der Waals surface area (Å²) in [5, 5.41) is 13.8. The summed E-state index contributed by atoms with van der Waals surface area (Å²) in [6.07, 6.45) is 0.0667. The summed E-state index contributed by atoms with van der Waals surface area (Å²) in [7, 11) is 0. The van der Waals surface area contributed by atoms with Crippen LogP contribution < -0.4 is 15.4 Å². The highest BCUT2D eigenvalue weighted by molar-refractivity contribution is 5.95. The van der Waals surface area contributed by atoms with Gasteiger partial charge in [0.15, 0.2) is 0 Å². The summed E-state index contributed by atoms with van der Waals surface area (Å²) in [6.45, 7) is 0.327. The van der Waals surface area contributed by atoms with Gasteiger partial charge in [0.1, 0.15) is 5.75 Å². The summed E-state index contributed by atoms with van der Waals surface area (Å²) >= 11 is 0. The van der Waals surface area contributed by atoms with Crippen molar-refractivity contribution in [1.29, 1.82) is 0 Å². The molecule has 136 valence electrons. The standard InChI is InChI=1S/C19H20N2O5/c22-17(11-13-26-16-4-2-1-3-5-16)21-15-8-6-14(7-9-15)19(25)20-12-10-18(23)24/h1-9H,10-13H2,(H,20,25)(H,21,22)(H,23,24). The summed E-state index contributed by atoms with van der Waals surface area (Å²) in [5.41, 5.74) is 0.956. The highest BCUT2D eigenvalue weighted by atomic mass is 16.5. The summed E-state index contributed by atoms with van der Waals surface area (Å²) in [4.78, 5) is 34.1. The Hall–Kier alpha value is -3.35. The van der Waals surface area contributed by atoms with E-state index in [-0.39, 0.29) is 37.8 Å². The monoisotopic (exact) mass is 356 g/mol. The van der Waals surface area contributed by atoms with Crippen molar-refractivity contribution in [1.82, 2.24) is 5.32 Å². The van der Waals surface area contributed by atoms with Crippen LogP contribution in [0.5, 0.6) is 5.75 Å². The van der Waals surface area contributed by atoms with Gasteiger partial charge in [0.05, 0.1) is 19.4 Å². The molecule has 0 aliphatic carbocycles. The zero-order valence-electron chi connectivity index (χ0n) is 14.1. The molecular weight excluding hydrogens is 336 g/mol. The third-order valence-electron chi connectivity index (χ3n) is 3.40. The molecule has 26 heavy (non-hydrogen) atoms. The maximum Gasteiger partial charge on any atom is 0.305 e. The first-order chi connectivity index (χ1) is 12.5. The van der Waals surface area contributed by atoms with Crippen molar-refractivity contribution in [2.75, 3.05) is 18.5 Å². The molecule has 2 amide bonds. The second kappa shape index (κ2) is 9.83. The molecular formula is C19H20N2O5. The number of hydrogen-bond donors (Lipinski definition) is 3. The van der Waals surface area contributed by atoms with Crippen LogP contribution in [0.4, 0.5) is 5.69 Å². The van der Waals surface area contributed by atoms with Gasteiger partial charge in [0.25, 0.3) is 5.91 Å². The van der Waals surface area contributed by atoms with Crippen molar-refractivity contribution in [2.45, 2.75) is 12.8 Å². The van der Waals surface area contributed by atoms with Gasteiger partial charge < -0.3 is 20.5 Å². The second-order valence-corrected chi connectivity index (χ2v) is 5.44. The van der Waals surface area contributed by atoms with Crippen LogP contribution in [0.3, 0.4) is 0 Å². The largest absolute Gasteiger partial charge is 0.493 e. The Morgan fingerprint density at radius 1 is 0.923 bits per heavy atom. The Bertz CT molecular complexity index is 744. The van der Waals surface area contributed by atoms with E-state index in [1.165, 1.54) is 0 Å². The van der Waals surface area contributed by atoms with Crippen LogP contribution >= 0.6 is 0 Å². The van der Waals surface area contributed by atoms with Crippen LogP contribution in [0.25, 0.3) is 0 Å². The molecule has 7 heteroatoms. The minimum absolute atomic E-state index is 0.0636. The zero-order chi connectivity index (χ0) is 18.8. The number of aliphatic carboxylic acids is 1. The molecule has 0 spiro atoms. The highest BCUT2D eigenvalue weighted by Crippen LogP contribution is 2.11. The van der Waals surface area contributed by atoms with E-state index in [0.717, 1.165) is 0 Å². The third kappa shape index (κ3) is 6.64. The van der Waals surface area contributed by atoms with E-state index in [1.807, 2.05) is 30.3 Å². The van der Waals surface area contributed by atoms with Crippen molar-refractivity contribution in [3.05, 3.63) is 60.2 Å². The number of hydrogen-bond acceptors (Lipinski definition) is 4. The Morgan fingerprint density at radius 2 is 1.62 bits per heavy atom. The molecule has 0 aliphatic rings. The summed E-state index contributed by atoms with van der Waals surface area (Å²) in [6, 6.07) is 15.6. The first-order valence-electron chi connectivity index (χ1n) is 8.12. The number of benzene rings is 2. The van der Waals surface area contributed by atoms with Gasteiger partial charge in [-0.25, -0.2) is 0 Å². The highest BCUT2D eigenvalue weighted by Gasteiger charge is 2.07. The van der Waals surface area contributed by atoms with Gasteiger partial charge in [0.2, 0.25) is 5.91 Å². The van der Waals surface area contributed by atoms with Crippen LogP contribution in [0, 0.1) is 0 Å². The predicted octanol–water partition coefficient (Wildman–Crippen LogP) is 2.30.